The summed E-state index contributed by atoms with van der Waals surface area (Å²) >= 11 is 0. The number of nitrogen functional groups attached to an aromatic ring is 1. The van der Waals surface area contributed by atoms with E-state index in [4.69, 9.17) is 19.9 Å². The average Bonchev–Trinajstić information content (AvgIpc) is 3.92. The van der Waals surface area contributed by atoms with Crippen LogP contribution in [0, 0.1) is 65.6 Å². The molecule has 2 amide bonds. The molecule has 1 radical (unpaired) electrons. The summed E-state index contributed by atoms with van der Waals surface area (Å²) in [6.45, 7) is 29.3. The van der Waals surface area contributed by atoms with Gasteiger partial charge in [0.25, 0.3) is 0 Å². The summed E-state index contributed by atoms with van der Waals surface area (Å²) in [5, 5.41) is 23.7. The zero-order valence-electron chi connectivity index (χ0n) is 47.2. The van der Waals surface area contributed by atoms with Crippen molar-refractivity contribution in [3.05, 3.63) is 55.1 Å². The Morgan fingerprint density at radius 1 is 0.933 bits per heavy atom. The number of aliphatic hydroxyl groups is 2. The van der Waals surface area contributed by atoms with Crippen molar-refractivity contribution in [2.75, 3.05) is 84.6 Å². The van der Waals surface area contributed by atoms with Gasteiger partial charge in [-0.25, -0.2) is 9.78 Å². The van der Waals surface area contributed by atoms with Crippen molar-refractivity contribution in [1.82, 2.24) is 29.7 Å². The molecule has 14 nitrogen and oxygen atoms in total. The number of amides is 2. The number of anilines is 1. The van der Waals surface area contributed by atoms with Crippen molar-refractivity contribution in [2.24, 2.45) is 51.8 Å². The molecular weight excluding hydrogens is 1020 g/mol. The van der Waals surface area contributed by atoms with Gasteiger partial charge in [-0.2, -0.15) is 6.92 Å². The maximum atomic E-state index is 13.0. The third-order valence-corrected chi connectivity index (χ3v) is 18.7. The van der Waals surface area contributed by atoms with Crippen LogP contribution < -0.4 is 11.1 Å². The number of nitrogens with one attached hydrogen (secondary N) is 1. The van der Waals surface area contributed by atoms with Gasteiger partial charge in [-0.05, 0) is 128 Å². The van der Waals surface area contributed by atoms with Crippen molar-refractivity contribution in [2.45, 2.75) is 151 Å². The number of aromatic nitrogens is 3. The van der Waals surface area contributed by atoms with E-state index in [2.05, 4.69) is 92.9 Å². The molecule has 0 bridgehead atoms. The van der Waals surface area contributed by atoms with E-state index in [1.807, 2.05) is 16.4 Å². The Morgan fingerprint density at radius 2 is 1.67 bits per heavy atom. The SMILES string of the molecule is [CH2-]C.[CH2-]c1nc2c(N)nc3cc(CCCN4CCN(C(=O)CCOCCOCCNC(=O)O[C@H]5CC[C@@]6(C)C(=CC[C@H]7[C@@H]8CC[C@H]([C@H](C)CCCC(C)C)[C@@]8(C)CC[C@@H]76)C5)CC4)ccc3c2n1CC(C)(CO)CO.[Y]. The van der Waals surface area contributed by atoms with Gasteiger partial charge in [0.2, 0.25) is 5.91 Å². The zero-order valence-corrected chi connectivity index (χ0v) is 50.0. The number of pyridine rings is 1. The largest absolute Gasteiger partial charge is 0.446 e. The number of alkyl carbamates (subject to hydrolysis) is 1. The number of ether oxygens (including phenoxy) is 3. The van der Waals surface area contributed by atoms with E-state index in [0.29, 0.717) is 81.6 Å². The summed E-state index contributed by atoms with van der Waals surface area (Å²) in [5.74, 6) is 5.86. The maximum Gasteiger partial charge on any atom is 0.407 e. The fraction of sp³-hybridized carbons (Fsp3) is 0.733. The molecule has 3 saturated carbocycles. The van der Waals surface area contributed by atoms with E-state index in [-0.39, 0.29) is 69.4 Å². The molecule has 417 valence electrons. The van der Waals surface area contributed by atoms with E-state index in [1.54, 1.807) is 12.5 Å². The monoisotopic (exact) mass is 1110 g/mol. The van der Waals surface area contributed by atoms with Crippen LogP contribution in [0.25, 0.3) is 21.9 Å². The summed E-state index contributed by atoms with van der Waals surface area (Å²) in [5.41, 5.74) is 11.2. The molecule has 15 heteroatoms. The molecule has 4 fully saturated rings. The van der Waals surface area contributed by atoms with Gasteiger partial charge in [0.05, 0.1) is 57.1 Å². The molecule has 4 aliphatic carbocycles. The van der Waals surface area contributed by atoms with Crippen molar-refractivity contribution in [3.63, 3.8) is 0 Å². The summed E-state index contributed by atoms with van der Waals surface area (Å²) in [6.07, 6.45) is 18.1. The fourth-order valence-corrected chi connectivity index (χ4v) is 14.4. The Kier molecular flexibility index (Phi) is 22.8. The molecule has 0 unspecified atom stereocenters. The number of benzene rings is 1. The standard InChI is InChI=1S/C58H90N7O7.C2H5.Y/c1-39(2)10-8-11-40(3)47-17-18-48-45-16-14-43-35-44(19-22-57(43,6)49(45)20-23-58(47,48)7)72-55(69)60-24-31-71-33-32-70-30-21-51(68)64-28-26-63(27-29-64)25-9-12-42-13-15-46-50(34-42)62-54(59)52-53(46)65(41(4)61-52)36-56(5,37-66)38-67;1-2;/h13-15,34,39-40,44-45,47-49,66-67H,4,8-12,16-33,35-38H2,1-3,5-7H3,(H2,59,62)(H,60,69);1H2,2H3;/q2*-1;/t40-,44+,45+,47-,48+,49+,57+,58-;;/m1../s1. The second-order valence-corrected chi connectivity index (χ2v) is 24.1. The van der Waals surface area contributed by atoms with Gasteiger partial charge in [0, 0.05) is 89.2 Å². The van der Waals surface area contributed by atoms with Crippen LogP contribution in [0.5, 0.6) is 0 Å². The minimum atomic E-state index is -0.741. The second kappa shape index (κ2) is 27.8. The summed E-state index contributed by atoms with van der Waals surface area (Å²) in [6, 6.07) is 6.25. The van der Waals surface area contributed by atoms with Gasteiger partial charge < -0.3 is 58.8 Å². The molecule has 0 spiro atoms. The van der Waals surface area contributed by atoms with Gasteiger partial charge >= 0.3 is 6.09 Å². The molecule has 2 aromatic heterocycles. The number of nitrogens with zero attached hydrogens (tertiary/aromatic N) is 5. The van der Waals surface area contributed by atoms with Gasteiger partial charge in [-0.15, -0.1) is 0 Å². The Morgan fingerprint density at radius 3 is 2.39 bits per heavy atom. The van der Waals surface area contributed by atoms with Crippen LogP contribution in [0.1, 0.15) is 143 Å². The van der Waals surface area contributed by atoms with Crippen molar-refractivity contribution < 1.29 is 66.7 Å². The van der Waals surface area contributed by atoms with Crippen LogP contribution in [0.15, 0.2) is 29.8 Å². The molecule has 8 atom stereocenters. The molecule has 5 N–H and O–H groups in total. The van der Waals surface area contributed by atoms with Crippen LogP contribution >= 0.6 is 0 Å². The number of hydrogen-bond donors (Lipinski definition) is 4. The fourth-order valence-electron chi connectivity index (χ4n) is 14.4. The number of imidazole rings is 1. The number of carbonyl (C=O) groups excluding carboxylic acids is 2. The molecule has 1 aromatic carbocycles. The molecule has 3 aromatic rings. The first kappa shape index (κ1) is 61.4. The van der Waals surface area contributed by atoms with Gasteiger partial charge in [-0.3, -0.25) is 14.7 Å². The predicted molar refractivity (Wildman–Crippen MR) is 296 cm³/mol. The van der Waals surface area contributed by atoms with Crippen molar-refractivity contribution >= 4 is 39.8 Å². The molecule has 8 rings (SSSR count). The Labute approximate surface area is 475 Å². The minimum Gasteiger partial charge on any atom is -0.446 e. The third-order valence-electron chi connectivity index (χ3n) is 18.7. The number of fused-ring (bicyclic) bond motifs is 8. The number of nitrogens with two attached hydrogens (primary N) is 1. The first-order valence-electron chi connectivity index (χ1n) is 28.7. The van der Waals surface area contributed by atoms with Crippen molar-refractivity contribution in [1.29, 1.82) is 0 Å². The van der Waals surface area contributed by atoms with Crippen LogP contribution in [0.3, 0.4) is 0 Å². The van der Waals surface area contributed by atoms with Crippen LogP contribution in [0.4, 0.5) is 10.6 Å². The number of aliphatic hydroxyl groups excluding tert-OH is 2. The Hall–Kier alpha value is -2.85. The maximum absolute atomic E-state index is 13.0. The number of hydrogen-bond acceptors (Lipinski definition) is 11. The number of aryl methyl sites for hydroxylation is 1. The first-order chi connectivity index (χ1) is 35.6. The van der Waals surface area contributed by atoms with Gasteiger partial charge in [-0.1, -0.05) is 84.6 Å². The molecule has 1 saturated heterocycles. The Balaban J connectivity index is 0.00000301. The van der Waals surface area contributed by atoms with Crippen LogP contribution in [-0.4, -0.2) is 132 Å². The molecule has 5 aliphatic rings. The molecule has 75 heavy (non-hydrogen) atoms. The normalized spacial score (nSPS) is 26.1. The second-order valence-electron chi connectivity index (χ2n) is 24.1. The van der Waals surface area contributed by atoms with Gasteiger partial charge in [0.1, 0.15) is 11.6 Å². The predicted octanol–water partition coefficient (Wildman–Crippen LogP) is 9.81. The zero-order chi connectivity index (χ0) is 53.2. The van der Waals surface area contributed by atoms with E-state index >= 15 is 0 Å². The average molecular weight is 1120 g/mol. The van der Waals surface area contributed by atoms with Gasteiger partial charge in [0.15, 0.2) is 5.82 Å². The smallest absolute Gasteiger partial charge is 0.407 e. The van der Waals surface area contributed by atoms with Crippen LogP contribution in [-0.2, 0) is 64.7 Å². The number of allylic oxidation sites excluding steroid dienone is 1. The number of rotatable bonds is 23. The Bertz CT molecular complexity index is 2350. The molecule has 3 heterocycles. The summed E-state index contributed by atoms with van der Waals surface area (Å²) in [7, 11) is 0. The molecule has 1 aliphatic heterocycles. The van der Waals surface area contributed by atoms with E-state index in [9.17, 15) is 19.8 Å². The minimum absolute atomic E-state index is 0. The van der Waals surface area contributed by atoms with Crippen molar-refractivity contribution in [3.8, 4) is 0 Å². The molecular formula is C60H95N7O7Y-2. The topological polar surface area (TPSA) is 178 Å². The third kappa shape index (κ3) is 14.5. The summed E-state index contributed by atoms with van der Waals surface area (Å²) in [4.78, 5) is 39.4. The number of piperazine rings is 1. The van der Waals surface area contributed by atoms with Crippen LogP contribution in [0.2, 0.25) is 0 Å². The quantitative estimate of drug-likeness (QED) is 0.0404. The van der Waals surface area contributed by atoms with E-state index < -0.39 is 5.41 Å². The number of carbonyl (C=O) groups is 2. The van der Waals surface area contributed by atoms with E-state index in [0.717, 1.165) is 104 Å². The van der Waals surface area contributed by atoms with E-state index in [1.165, 1.54) is 56.9 Å². The summed E-state index contributed by atoms with van der Waals surface area (Å²) < 4.78 is 19.4. The first-order valence-corrected chi connectivity index (χ1v) is 28.7.